The van der Waals surface area contributed by atoms with Crippen LogP contribution in [0.25, 0.3) is 44.6 Å². The van der Waals surface area contributed by atoms with E-state index in [2.05, 4.69) is 50.9 Å². The molecule has 4 N–H and O–H groups in total. The van der Waals surface area contributed by atoms with E-state index in [0.717, 1.165) is 68.1 Å². The number of imidazole rings is 2. The molecule has 0 radical (unpaired) electrons. The number of fused-ring (bicyclic) bond motifs is 4. The first-order chi connectivity index (χ1) is 17.7. The second-order valence-electron chi connectivity index (χ2n) is 11.1. The highest BCUT2D eigenvalue weighted by Crippen LogP contribution is 2.46. The summed E-state index contributed by atoms with van der Waals surface area (Å²) in [6.07, 6.45) is 8.88. The van der Waals surface area contributed by atoms with Crippen molar-refractivity contribution in [3.8, 4) is 22.5 Å². The van der Waals surface area contributed by atoms with Crippen LogP contribution in [0.15, 0.2) is 48.8 Å². The van der Waals surface area contributed by atoms with Crippen molar-refractivity contribution in [3.63, 3.8) is 0 Å². The minimum Gasteiger partial charge on any atom is -0.347 e. The zero-order chi connectivity index (χ0) is 23.4. The van der Waals surface area contributed by atoms with Gasteiger partial charge in [-0.1, -0.05) is 12.1 Å². The fraction of sp³-hybridized carbons (Fsp3) is 0.357. The number of nitrogens with zero attached hydrogens (tertiary/aromatic N) is 4. The van der Waals surface area contributed by atoms with Crippen molar-refractivity contribution in [2.75, 3.05) is 0 Å². The molecule has 2 aromatic carbocycles. The van der Waals surface area contributed by atoms with Crippen molar-refractivity contribution in [3.05, 3.63) is 60.4 Å². The van der Waals surface area contributed by atoms with Gasteiger partial charge < -0.3 is 20.6 Å². The lowest BCUT2D eigenvalue weighted by molar-refractivity contribution is 0.543. The topological polar surface area (TPSA) is 107 Å². The summed E-state index contributed by atoms with van der Waals surface area (Å²) >= 11 is 0. The van der Waals surface area contributed by atoms with Gasteiger partial charge in [-0.15, -0.1) is 0 Å². The minimum absolute atomic E-state index is 0.352. The molecule has 4 fully saturated rings. The summed E-state index contributed by atoms with van der Waals surface area (Å²) in [4.78, 5) is 26.3. The summed E-state index contributed by atoms with van der Waals surface area (Å²) in [7, 11) is 0. The molecule has 2 saturated carbocycles. The van der Waals surface area contributed by atoms with Crippen LogP contribution < -0.4 is 10.6 Å². The Morgan fingerprint density at radius 3 is 2.22 bits per heavy atom. The summed E-state index contributed by atoms with van der Waals surface area (Å²) in [5, 5.41) is 7.35. The fourth-order valence-electron chi connectivity index (χ4n) is 6.39. The van der Waals surface area contributed by atoms with Gasteiger partial charge in [-0.25, -0.2) is 15.0 Å². The van der Waals surface area contributed by atoms with Crippen LogP contribution >= 0.6 is 0 Å². The lowest BCUT2D eigenvalue weighted by Crippen LogP contribution is -2.18. The van der Waals surface area contributed by atoms with Crippen molar-refractivity contribution in [1.29, 1.82) is 0 Å². The Bertz CT molecular complexity index is 1650. The standard InChI is InChI=1S/C28H26N8/c1-3-17-21(5-13(1)26-12-30-27(36-26)23-9-15-7-19(15)32-23)29-11-25(31-17)14-2-4-18-22(6-14)35-28(34-18)24-10-16-8-20(16)33-24/h1-6,11-12,15-16,19-20,23-24,32-33H,7-10H2,(H,30,36)(H,34,35)/t15-,16-,19+,20+,23-,24-/m0/s1. The molecule has 6 atom stereocenters. The summed E-state index contributed by atoms with van der Waals surface area (Å²) in [5.74, 6) is 3.78. The van der Waals surface area contributed by atoms with Crippen LogP contribution in [0.1, 0.15) is 49.4 Å². The van der Waals surface area contributed by atoms with Crippen LogP contribution in [0.5, 0.6) is 0 Å². The van der Waals surface area contributed by atoms with Crippen LogP contribution in [0.2, 0.25) is 0 Å². The third kappa shape index (κ3) is 3.07. The highest BCUT2D eigenvalue weighted by atomic mass is 15.1. The molecule has 5 aromatic rings. The maximum Gasteiger partial charge on any atom is 0.124 e. The van der Waals surface area contributed by atoms with Crippen LogP contribution in [0.4, 0.5) is 0 Å². The van der Waals surface area contributed by atoms with E-state index in [-0.39, 0.29) is 0 Å². The van der Waals surface area contributed by atoms with Crippen LogP contribution in [-0.4, -0.2) is 42.0 Å². The molecule has 2 saturated heterocycles. The Balaban J connectivity index is 0.999. The Hall–Kier alpha value is -3.62. The maximum absolute atomic E-state index is 4.92. The predicted octanol–water partition coefficient (Wildman–Crippen LogP) is 4.41. The van der Waals surface area contributed by atoms with E-state index < -0.39 is 0 Å². The normalized spacial score (nSPS) is 30.1. The number of nitrogens with one attached hydrogen (secondary N) is 4. The van der Waals surface area contributed by atoms with Gasteiger partial charge in [0, 0.05) is 29.4 Å². The smallest absolute Gasteiger partial charge is 0.124 e. The lowest BCUT2D eigenvalue weighted by atomic mass is 10.1. The number of H-pyrrole nitrogens is 2. The monoisotopic (exact) mass is 474 g/mol. The minimum atomic E-state index is 0.352. The molecule has 3 aromatic heterocycles. The van der Waals surface area contributed by atoms with E-state index >= 15 is 0 Å². The Morgan fingerprint density at radius 2 is 1.42 bits per heavy atom. The largest absolute Gasteiger partial charge is 0.347 e. The molecular weight excluding hydrogens is 448 g/mol. The van der Waals surface area contributed by atoms with Gasteiger partial charge in [-0.05, 0) is 61.8 Å². The van der Waals surface area contributed by atoms with Gasteiger partial charge in [-0.3, -0.25) is 4.98 Å². The molecule has 4 aliphatic rings. The number of hydrogen-bond donors (Lipinski definition) is 4. The SMILES string of the molecule is c1cc2nc(-c3ccc4[nH]c([C@@H]5C[C@@H]6C[C@H]6N5)nc4c3)cnc2cc1-c1c[nH]c([C@@H]2C[C@@H]3C[C@H]3N2)n1. The van der Waals surface area contributed by atoms with Crippen molar-refractivity contribution in [2.45, 2.75) is 49.9 Å². The summed E-state index contributed by atoms with van der Waals surface area (Å²) in [6.45, 7) is 0. The molecule has 0 amide bonds. The van der Waals surface area contributed by atoms with Crippen molar-refractivity contribution >= 4 is 22.1 Å². The molecule has 8 nitrogen and oxygen atoms in total. The van der Waals surface area contributed by atoms with Gasteiger partial charge >= 0.3 is 0 Å². The summed E-state index contributed by atoms with van der Waals surface area (Å²) in [6, 6.07) is 14.6. The highest BCUT2D eigenvalue weighted by molar-refractivity contribution is 5.85. The number of rotatable bonds is 4. The molecule has 0 unspecified atom stereocenters. The fourth-order valence-corrected chi connectivity index (χ4v) is 6.39. The van der Waals surface area contributed by atoms with Crippen LogP contribution in [0.3, 0.4) is 0 Å². The number of piperidine rings is 2. The molecular formula is C28H26N8. The Labute approximate surface area is 207 Å². The quantitative estimate of drug-likeness (QED) is 0.307. The van der Waals surface area contributed by atoms with Gasteiger partial charge in [0.25, 0.3) is 0 Å². The van der Waals surface area contributed by atoms with Crippen LogP contribution in [-0.2, 0) is 0 Å². The Kier molecular flexibility index (Phi) is 3.80. The first-order valence-corrected chi connectivity index (χ1v) is 13.1. The zero-order valence-corrected chi connectivity index (χ0v) is 19.7. The number of aromatic nitrogens is 6. The third-order valence-electron chi connectivity index (χ3n) is 8.65. The van der Waals surface area contributed by atoms with Crippen molar-refractivity contribution < 1.29 is 0 Å². The van der Waals surface area contributed by atoms with E-state index in [0.29, 0.717) is 24.2 Å². The van der Waals surface area contributed by atoms with E-state index in [9.17, 15) is 0 Å². The summed E-state index contributed by atoms with van der Waals surface area (Å²) < 4.78 is 0. The maximum atomic E-state index is 4.92. The molecule has 0 bridgehead atoms. The highest BCUT2D eigenvalue weighted by Gasteiger charge is 2.47. The van der Waals surface area contributed by atoms with Crippen molar-refractivity contribution in [1.82, 2.24) is 40.5 Å². The predicted molar refractivity (Wildman–Crippen MR) is 137 cm³/mol. The van der Waals surface area contributed by atoms with Gasteiger partial charge in [-0.2, -0.15) is 0 Å². The molecule has 178 valence electrons. The second kappa shape index (κ2) is 6.99. The van der Waals surface area contributed by atoms with Crippen molar-refractivity contribution in [2.24, 2.45) is 11.8 Å². The van der Waals surface area contributed by atoms with Gasteiger partial charge in [0.1, 0.15) is 11.6 Å². The van der Waals surface area contributed by atoms with Crippen LogP contribution in [0, 0.1) is 11.8 Å². The summed E-state index contributed by atoms with van der Waals surface area (Å²) in [5.41, 5.74) is 7.68. The number of hydrogen-bond acceptors (Lipinski definition) is 6. The first-order valence-electron chi connectivity index (χ1n) is 13.1. The number of benzene rings is 2. The molecule has 2 aliphatic carbocycles. The third-order valence-corrected chi connectivity index (χ3v) is 8.65. The van der Waals surface area contributed by atoms with E-state index in [1.807, 2.05) is 18.5 Å². The van der Waals surface area contributed by atoms with E-state index in [1.165, 1.54) is 25.7 Å². The van der Waals surface area contributed by atoms with E-state index in [1.54, 1.807) is 0 Å². The van der Waals surface area contributed by atoms with E-state index in [4.69, 9.17) is 19.9 Å². The molecule has 2 aliphatic heterocycles. The Morgan fingerprint density at radius 1 is 0.667 bits per heavy atom. The zero-order valence-electron chi connectivity index (χ0n) is 19.7. The first kappa shape index (κ1) is 19.6. The molecule has 9 rings (SSSR count). The van der Waals surface area contributed by atoms with Gasteiger partial charge in [0.05, 0.1) is 51.7 Å². The lowest BCUT2D eigenvalue weighted by Gasteiger charge is -2.09. The molecule has 36 heavy (non-hydrogen) atoms. The average molecular weight is 475 g/mol. The average Bonchev–Trinajstić information content (AvgIpc) is 3.49. The molecule has 8 heteroatoms. The molecule has 0 spiro atoms. The molecule has 5 heterocycles. The van der Waals surface area contributed by atoms with Gasteiger partial charge in [0.15, 0.2) is 0 Å². The second-order valence-corrected chi connectivity index (χ2v) is 11.1. The van der Waals surface area contributed by atoms with Gasteiger partial charge in [0.2, 0.25) is 0 Å². The number of aromatic amines is 2.